The van der Waals surface area contributed by atoms with E-state index in [1.54, 1.807) is 13.0 Å². The summed E-state index contributed by atoms with van der Waals surface area (Å²) in [5, 5.41) is 12.3. The number of benzene rings is 1. The van der Waals surface area contributed by atoms with E-state index in [0.29, 0.717) is 28.2 Å². The van der Waals surface area contributed by atoms with Crippen LogP contribution in [0, 0.1) is 6.92 Å². The average molecular weight is 428 g/mol. The number of hydrogen-bond donors (Lipinski definition) is 2. The standard InChI is InChI=1S/C19H16N4O4S2/c1-11-6-16(23-27-11)21-17(24)9-28-10-18(25)22-19-20-13(8-29-19)15-7-12-4-2-3-5-14(12)26-15/h2-8H,9-10H2,1H3,(H,20,22,25)(H,21,23,24). The molecule has 2 amide bonds. The summed E-state index contributed by atoms with van der Waals surface area (Å²) in [4.78, 5) is 28.3. The van der Waals surface area contributed by atoms with E-state index in [9.17, 15) is 9.59 Å². The Morgan fingerprint density at radius 1 is 1.14 bits per heavy atom. The molecule has 148 valence electrons. The van der Waals surface area contributed by atoms with Crippen LogP contribution in [-0.4, -0.2) is 33.5 Å². The van der Waals surface area contributed by atoms with Crippen LogP contribution in [0.4, 0.5) is 10.9 Å². The van der Waals surface area contributed by atoms with Crippen LogP contribution in [-0.2, 0) is 9.59 Å². The van der Waals surface area contributed by atoms with Crippen molar-refractivity contribution in [3.05, 3.63) is 47.5 Å². The first-order valence-electron chi connectivity index (χ1n) is 8.62. The van der Waals surface area contributed by atoms with Gasteiger partial charge in [0.2, 0.25) is 11.8 Å². The van der Waals surface area contributed by atoms with E-state index < -0.39 is 0 Å². The molecule has 0 aliphatic carbocycles. The molecule has 0 saturated heterocycles. The Hall–Kier alpha value is -3.11. The predicted octanol–water partition coefficient (Wildman–Crippen LogP) is 4.16. The third-order valence-electron chi connectivity index (χ3n) is 3.79. The highest BCUT2D eigenvalue weighted by Gasteiger charge is 2.13. The summed E-state index contributed by atoms with van der Waals surface area (Å²) in [7, 11) is 0. The zero-order valence-corrected chi connectivity index (χ0v) is 16.9. The van der Waals surface area contributed by atoms with Crippen LogP contribution in [0.15, 0.2) is 50.7 Å². The fraction of sp³-hybridized carbons (Fsp3) is 0.158. The van der Waals surface area contributed by atoms with Gasteiger partial charge in [-0.2, -0.15) is 0 Å². The number of thiazole rings is 1. The second kappa shape index (κ2) is 8.50. The number of aryl methyl sites for hydroxylation is 1. The molecule has 0 unspecified atom stereocenters. The summed E-state index contributed by atoms with van der Waals surface area (Å²) < 4.78 is 10.7. The minimum atomic E-state index is -0.252. The molecule has 0 atom stereocenters. The molecule has 0 fully saturated rings. The predicted molar refractivity (Wildman–Crippen MR) is 113 cm³/mol. The van der Waals surface area contributed by atoms with E-state index in [0.717, 1.165) is 11.0 Å². The number of furan rings is 1. The Balaban J connectivity index is 1.26. The van der Waals surface area contributed by atoms with Crippen molar-refractivity contribution in [2.24, 2.45) is 0 Å². The number of nitrogens with zero attached hydrogens (tertiary/aromatic N) is 2. The Labute approximate surface area is 173 Å². The Morgan fingerprint density at radius 3 is 2.69 bits per heavy atom. The maximum atomic E-state index is 12.1. The fourth-order valence-electron chi connectivity index (χ4n) is 2.55. The molecule has 4 aromatic rings. The number of aromatic nitrogens is 2. The molecular weight excluding hydrogens is 412 g/mol. The summed E-state index contributed by atoms with van der Waals surface area (Å²) in [6.45, 7) is 1.74. The lowest BCUT2D eigenvalue weighted by molar-refractivity contribution is -0.114. The van der Waals surface area contributed by atoms with Gasteiger partial charge in [0.15, 0.2) is 16.7 Å². The van der Waals surface area contributed by atoms with E-state index >= 15 is 0 Å². The van der Waals surface area contributed by atoms with E-state index in [4.69, 9.17) is 8.94 Å². The molecular formula is C19H16N4O4S2. The molecule has 2 N–H and O–H groups in total. The van der Waals surface area contributed by atoms with Gasteiger partial charge in [-0.15, -0.1) is 23.1 Å². The van der Waals surface area contributed by atoms with E-state index in [1.165, 1.54) is 23.1 Å². The second-order valence-electron chi connectivity index (χ2n) is 6.10. The maximum absolute atomic E-state index is 12.1. The maximum Gasteiger partial charge on any atom is 0.236 e. The SMILES string of the molecule is Cc1cc(NC(=O)CSCC(=O)Nc2nc(-c3cc4ccccc4o3)cs2)no1. The van der Waals surface area contributed by atoms with Crippen molar-refractivity contribution in [3.8, 4) is 11.5 Å². The molecule has 8 nitrogen and oxygen atoms in total. The number of thioether (sulfide) groups is 1. The van der Waals surface area contributed by atoms with Crippen molar-refractivity contribution in [2.75, 3.05) is 22.1 Å². The highest BCUT2D eigenvalue weighted by atomic mass is 32.2. The lowest BCUT2D eigenvalue weighted by atomic mass is 10.2. The van der Waals surface area contributed by atoms with Crippen LogP contribution in [0.1, 0.15) is 5.76 Å². The smallest absolute Gasteiger partial charge is 0.236 e. The molecule has 29 heavy (non-hydrogen) atoms. The topological polar surface area (TPSA) is 110 Å². The van der Waals surface area contributed by atoms with Gasteiger partial charge in [-0.05, 0) is 19.1 Å². The highest BCUT2D eigenvalue weighted by molar-refractivity contribution is 8.00. The molecule has 0 aliphatic heterocycles. The van der Waals surface area contributed by atoms with Crippen molar-refractivity contribution < 1.29 is 18.5 Å². The number of hydrogen-bond acceptors (Lipinski definition) is 8. The number of nitrogens with one attached hydrogen (secondary N) is 2. The normalized spacial score (nSPS) is 10.9. The van der Waals surface area contributed by atoms with Gasteiger partial charge in [0, 0.05) is 16.8 Å². The molecule has 3 heterocycles. The summed E-state index contributed by atoms with van der Waals surface area (Å²) in [6.07, 6.45) is 0. The largest absolute Gasteiger partial charge is 0.454 e. The number of anilines is 2. The number of fused-ring (bicyclic) bond motifs is 1. The number of carbonyl (C=O) groups is 2. The van der Waals surface area contributed by atoms with Gasteiger partial charge in [-0.1, -0.05) is 23.4 Å². The molecule has 0 saturated carbocycles. The first-order valence-corrected chi connectivity index (χ1v) is 10.7. The molecule has 0 radical (unpaired) electrons. The first-order chi connectivity index (χ1) is 14.1. The van der Waals surface area contributed by atoms with Gasteiger partial charge in [-0.25, -0.2) is 4.98 Å². The first kappa shape index (κ1) is 19.2. The molecule has 3 aromatic heterocycles. The van der Waals surface area contributed by atoms with Crippen LogP contribution in [0.5, 0.6) is 0 Å². The van der Waals surface area contributed by atoms with E-state index in [1.807, 2.05) is 35.7 Å². The van der Waals surface area contributed by atoms with Crippen molar-refractivity contribution in [1.82, 2.24) is 10.1 Å². The van der Waals surface area contributed by atoms with Crippen molar-refractivity contribution >= 4 is 56.8 Å². The Bertz CT molecular complexity index is 1130. The summed E-state index contributed by atoms with van der Waals surface area (Å²) in [5.41, 5.74) is 1.45. The van der Waals surface area contributed by atoms with Gasteiger partial charge in [0.1, 0.15) is 17.0 Å². The van der Waals surface area contributed by atoms with Crippen LogP contribution in [0.3, 0.4) is 0 Å². The third-order valence-corrected chi connectivity index (χ3v) is 5.48. The summed E-state index contributed by atoms with van der Waals surface area (Å²) >= 11 is 2.51. The molecule has 10 heteroatoms. The molecule has 0 spiro atoms. The Morgan fingerprint density at radius 2 is 1.93 bits per heavy atom. The third kappa shape index (κ3) is 4.84. The number of carbonyl (C=O) groups excluding carboxylic acids is 2. The van der Waals surface area contributed by atoms with Crippen molar-refractivity contribution in [2.45, 2.75) is 6.92 Å². The molecule has 1 aromatic carbocycles. The van der Waals surface area contributed by atoms with E-state index in [-0.39, 0.29) is 23.3 Å². The van der Waals surface area contributed by atoms with Crippen LogP contribution >= 0.6 is 23.1 Å². The van der Waals surface area contributed by atoms with Crippen molar-refractivity contribution in [1.29, 1.82) is 0 Å². The Kier molecular flexibility index (Phi) is 5.63. The summed E-state index contributed by atoms with van der Waals surface area (Å²) in [6, 6.07) is 11.3. The monoisotopic (exact) mass is 428 g/mol. The van der Waals surface area contributed by atoms with Gasteiger partial charge in [0.05, 0.1) is 11.5 Å². The van der Waals surface area contributed by atoms with Gasteiger partial charge < -0.3 is 19.6 Å². The van der Waals surface area contributed by atoms with Gasteiger partial charge in [0.25, 0.3) is 0 Å². The average Bonchev–Trinajstić information content (AvgIpc) is 3.41. The zero-order chi connectivity index (χ0) is 20.2. The zero-order valence-electron chi connectivity index (χ0n) is 15.3. The van der Waals surface area contributed by atoms with Gasteiger partial charge in [-0.3, -0.25) is 9.59 Å². The minimum Gasteiger partial charge on any atom is -0.454 e. The number of rotatable bonds is 7. The molecule has 0 aliphatic rings. The quantitative estimate of drug-likeness (QED) is 0.455. The van der Waals surface area contributed by atoms with Crippen LogP contribution in [0.25, 0.3) is 22.4 Å². The number of amides is 2. The highest BCUT2D eigenvalue weighted by Crippen LogP contribution is 2.30. The van der Waals surface area contributed by atoms with Crippen molar-refractivity contribution in [3.63, 3.8) is 0 Å². The molecule has 4 rings (SSSR count). The van der Waals surface area contributed by atoms with Crippen LogP contribution < -0.4 is 10.6 Å². The fourth-order valence-corrected chi connectivity index (χ4v) is 3.88. The minimum absolute atomic E-state index is 0.126. The molecule has 0 bridgehead atoms. The summed E-state index contributed by atoms with van der Waals surface area (Å²) in [5.74, 6) is 1.39. The van der Waals surface area contributed by atoms with E-state index in [2.05, 4.69) is 20.8 Å². The van der Waals surface area contributed by atoms with Crippen LogP contribution in [0.2, 0.25) is 0 Å². The van der Waals surface area contributed by atoms with Gasteiger partial charge >= 0.3 is 0 Å². The lowest BCUT2D eigenvalue weighted by Gasteiger charge is -2.02. The lowest BCUT2D eigenvalue weighted by Crippen LogP contribution is -2.18. The second-order valence-corrected chi connectivity index (χ2v) is 7.94. The number of para-hydroxylation sites is 1.